The first-order chi connectivity index (χ1) is 15.1. The van der Waals surface area contributed by atoms with Crippen LogP contribution in [0.4, 0.5) is 0 Å². The molecule has 1 N–H and O–H groups in total. The molecular weight excluding hydrogens is 396 g/mol. The van der Waals surface area contributed by atoms with Gasteiger partial charge in [-0.25, -0.2) is 9.97 Å². The van der Waals surface area contributed by atoms with Crippen LogP contribution < -0.4 is 4.74 Å². The fourth-order valence-corrected chi connectivity index (χ4v) is 3.32. The van der Waals surface area contributed by atoms with Gasteiger partial charge in [-0.1, -0.05) is 24.3 Å². The minimum absolute atomic E-state index is 0.0223. The second kappa shape index (κ2) is 9.24. The van der Waals surface area contributed by atoms with E-state index >= 15 is 0 Å². The average molecular weight is 416 g/mol. The van der Waals surface area contributed by atoms with Crippen molar-refractivity contribution in [1.82, 2.24) is 14.9 Å². The molecule has 3 aromatic rings. The Morgan fingerprint density at radius 2 is 2.06 bits per heavy atom. The van der Waals surface area contributed by atoms with Crippen molar-refractivity contribution in [2.75, 3.05) is 26.3 Å². The highest BCUT2D eigenvalue weighted by Crippen LogP contribution is 2.21. The van der Waals surface area contributed by atoms with Gasteiger partial charge in [0, 0.05) is 6.54 Å². The summed E-state index contributed by atoms with van der Waals surface area (Å²) in [4.78, 5) is 22.9. The Morgan fingerprint density at radius 3 is 2.87 bits per heavy atom. The van der Waals surface area contributed by atoms with Crippen LogP contribution in [-0.2, 0) is 9.53 Å². The van der Waals surface area contributed by atoms with Gasteiger partial charge >= 0.3 is 0 Å². The van der Waals surface area contributed by atoms with Gasteiger partial charge in [0.25, 0.3) is 5.91 Å². The SMILES string of the molecule is N#C/C(=C\c1ccc(O)cc1)C(=O)N1CCOC(COc2ncnc3ccccc23)C1. The van der Waals surface area contributed by atoms with Crippen LogP contribution in [0.1, 0.15) is 5.56 Å². The molecule has 2 heterocycles. The molecule has 0 saturated carbocycles. The number of carbonyl (C=O) groups excluding carboxylic acids is 1. The maximum atomic E-state index is 12.9. The molecule has 8 heteroatoms. The zero-order valence-corrected chi connectivity index (χ0v) is 16.6. The summed E-state index contributed by atoms with van der Waals surface area (Å²) in [5, 5.41) is 19.7. The van der Waals surface area contributed by atoms with Gasteiger partial charge in [0.15, 0.2) is 0 Å². The number of phenolic OH excluding ortho intramolecular Hbond substituents is 1. The van der Waals surface area contributed by atoms with Crippen LogP contribution in [0.5, 0.6) is 11.6 Å². The zero-order valence-electron chi connectivity index (χ0n) is 16.6. The third-order valence-electron chi connectivity index (χ3n) is 4.89. The van der Waals surface area contributed by atoms with E-state index in [1.54, 1.807) is 17.0 Å². The molecule has 1 aliphatic rings. The number of para-hydroxylation sites is 1. The Bertz CT molecular complexity index is 1150. The van der Waals surface area contributed by atoms with E-state index in [4.69, 9.17) is 9.47 Å². The summed E-state index contributed by atoms with van der Waals surface area (Å²) in [7, 11) is 0. The second-order valence-electron chi connectivity index (χ2n) is 7.01. The van der Waals surface area contributed by atoms with Crippen molar-refractivity contribution >= 4 is 22.9 Å². The number of hydrogen-bond donors (Lipinski definition) is 1. The summed E-state index contributed by atoms with van der Waals surface area (Å²) >= 11 is 0. The van der Waals surface area contributed by atoms with E-state index in [0.29, 0.717) is 31.1 Å². The van der Waals surface area contributed by atoms with E-state index < -0.39 is 0 Å². The van der Waals surface area contributed by atoms with Gasteiger partial charge in [0.1, 0.15) is 36.4 Å². The van der Waals surface area contributed by atoms with Crippen molar-refractivity contribution in [2.24, 2.45) is 0 Å². The van der Waals surface area contributed by atoms with E-state index in [-0.39, 0.29) is 29.9 Å². The minimum atomic E-state index is -0.364. The highest BCUT2D eigenvalue weighted by molar-refractivity contribution is 6.01. The van der Waals surface area contributed by atoms with E-state index in [2.05, 4.69) is 9.97 Å². The third kappa shape index (κ3) is 4.79. The smallest absolute Gasteiger partial charge is 0.264 e. The molecule has 0 bridgehead atoms. The third-order valence-corrected chi connectivity index (χ3v) is 4.89. The lowest BCUT2D eigenvalue weighted by Crippen LogP contribution is -2.48. The molecule has 0 spiro atoms. The summed E-state index contributed by atoms with van der Waals surface area (Å²) in [6, 6.07) is 15.8. The molecule has 0 radical (unpaired) electrons. The Hall–Kier alpha value is -3.96. The fraction of sp³-hybridized carbons (Fsp3) is 0.217. The molecule has 156 valence electrons. The normalized spacial score (nSPS) is 16.7. The Balaban J connectivity index is 1.42. The highest BCUT2D eigenvalue weighted by atomic mass is 16.5. The molecule has 0 aliphatic carbocycles. The average Bonchev–Trinajstić information content (AvgIpc) is 2.82. The largest absolute Gasteiger partial charge is 0.508 e. The summed E-state index contributed by atoms with van der Waals surface area (Å²) in [6.45, 7) is 1.26. The number of hydrogen-bond acceptors (Lipinski definition) is 7. The van der Waals surface area contributed by atoms with Crippen molar-refractivity contribution in [2.45, 2.75) is 6.10 Å². The molecule has 1 aliphatic heterocycles. The first-order valence-corrected chi connectivity index (χ1v) is 9.78. The number of aromatic nitrogens is 2. The molecule has 4 rings (SSSR count). The van der Waals surface area contributed by atoms with Gasteiger partial charge in [0.05, 0.1) is 24.1 Å². The lowest BCUT2D eigenvalue weighted by atomic mass is 10.1. The predicted octanol–water partition coefficient (Wildman–Crippen LogP) is 2.55. The van der Waals surface area contributed by atoms with E-state index in [9.17, 15) is 15.2 Å². The molecule has 8 nitrogen and oxygen atoms in total. The number of amides is 1. The van der Waals surface area contributed by atoms with Gasteiger partial charge in [-0.15, -0.1) is 0 Å². The van der Waals surface area contributed by atoms with Gasteiger partial charge in [-0.2, -0.15) is 5.26 Å². The van der Waals surface area contributed by atoms with Crippen molar-refractivity contribution in [3.63, 3.8) is 0 Å². The number of rotatable bonds is 5. The lowest BCUT2D eigenvalue weighted by Gasteiger charge is -2.32. The van der Waals surface area contributed by atoms with E-state index in [0.717, 1.165) is 10.9 Å². The quantitative estimate of drug-likeness (QED) is 0.503. The molecule has 1 saturated heterocycles. The van der Waals surface area contributed by atoms with Crippen LogP contribution in [0, 0.1) is 11.3 Å². The maximum Gasteiger partial charge on any atom is 0.264 e. The number of ether oxygens (including phenoxy) is 2. The van der Waals surface area contributed by atoms with E-state index in [1.807, 2.05) is 30.3 Å². The molecule has 1 amide bonds. The number of phenols is 1. The topological polar surface area (TPSA) is 109 Å². The zero-order chi connectivity index (χ0) is 21.6. The lowest BCUT2D eigenvalue weighted by molar-refractivity contribution is -0.135. The number of nitriles is 1. The Morgan fingerprint density at radius 1 is 1.26 bits per heavy atom. The number of carbonyl (C=O) groups is 1. The standard InChI is InChI=1S/C23H20N4O4/c24-12-17(11-16-5-7-18(28)8-6-16)23(29)27-9-10-30-19(13-27)14-31-22-20-3-1-2-4-21(20)25-15-26-22/h1-8,11,15,19,28H,9-10,13-14H2/b17-11+. The highest BCUT2D eigenvalue weighted by Gasteiger charge is 2.27. The molecule has 31 heavy (non-hydrogen) atoms. The van der Waals surface area contributed by atoms with Crippen molar-refractivity contribution in [3.05, 3.63) is 66.0 Å². The molecule has 1 fully saturated rings. The number of morpholine rings is 1. The van der Waals surface area contributed by atoms with Gasteiger partial charge < -0.3 is 19.5 Å². The monoisotopic (exact) mass is 416 g/mol. The second-order valence-corrected chi connectivity index (χ2v) is 7.01. The number of fused-ring (bicyclic) bond motifs is 1. The fourth-order valence-electron chi connectivity index (χ4n) is 3.32. The van der Waals surface area contributed by atoms with Gasteiger partial charge in [-0.3, -0.25) is 4.79 Å². The molecule has 1 aromatic heterocycles. The summed E-state index contributed by atoms with van der Waals surface area (Å²) in [5.74, 6) is 0.216. The van der Waals surface area contributed by atoms with Crippen molar-refractivity contribution in [1.29, 1.82) is 5.26 Å². The van der Waals surface area contributed by atoms with Crippen LogP contribution in [0.2, 0.25) is 0 Å². The van der Waals surface area contributed by atoms with Crippen molar-refractivity contribution in [3.8, 4) is 17.7 Å². The first-order valence-electron chi connectivity index (χ1n) is 9.78. The molecular formula is C23H20N4O4. The van der Waals surface area contributed by atoms with Gasteiger partial charge in [0.2, 0.25) is 5.88 Å². The Kier molecular flexibility index (Phi) is 6.05. The van der Waals surface area contributed by atoms with Crippen LogP contribution >= 0.6 is 0 Å². The minimum Gasteiger partial charge on any atom is -0.508 e. The van der Waals surface area contributed by atoms with Crippen LogP contribution in [0.3, 0.4) is 0 Å². The number of benzene rings is 2. The van der Waals surface area contributed by atoms with Crippen LogP contribution in [0.25, 0.3) is 17.0 Å². The van der Waals surface area contributed by atoms with Crippen molar-refractivity contribution < 1.29 is 19.4 Å². The van der Waals surface area contributed by atoms with E-state index in [1.165, 1.54) is 24.5 Å². The molecule has 2 aromatic carbocycles. The predicted molar refractivity (Wildman–Crippen MR) is 113 cm³/mol. The summed E-state index contributed by atoms with van der Waals surface area (Å²) in [5.41, 5.74) is 1.47. The molecule has 1 atom stereocenters. The molecule has 1 unspecified atom stereocenters. The first kappa shape index (κ1) is 20.3. The number of nitrogens with zero attached hydrogens (tertiary/aromatic N) is 4. The van der Waals surface area contributed by atoms with Crippen LogP contribution in [-0.4, -0.2) is 58.3 Å². The summed E-state index contributed by atoms with van der Waals surface area (Å²) < 4.78 is 11.6. The summed E-state index contributed by atoms with van der Waals surface area (Å²) in [6.07, 6.45) is 2.61. The van der Waals surface area contributed by atoms with Crippen LogP contribution in [0.15, 0.2) is 60.4 Å². The maximum absolute atomic E-state index is 12.9. The number of aromatic hydroxyl groups is 1. The van der Waals surface area contributed by atoms with Gasteiger partial charge in [-0.05, 0) is 35.9 Å². The Labute approximate surface area is 179 Å².